The molecule has 0 aliphatic rings. The first kappa shape index (κ1) is 21.3. The number of rotatable bonds is 7. The number of methoxy groups -OCH3 is 1. The van der Waals surface area contributed by atoms with Crippen LogP contribution in [-0.2, 0) is 22.5 Å². The first-order valence-corrected chi connectivity index (χ1v) is 9.16. The van der Waals surface area contributed by atoms with E-state index in [4.69, 9.17) is 4.74 Å². The Kier molecular flexibility index (Phi) is 6.72. The van der Waals surface area contributed by atoms with Crippen LogP contribution in [0.1, 0.15) is 43.0 Å². The van der Waals surface area contributed by atoms with Gasteiger partial charge in [0.2, 0.25) is 0 Å². The largest absolute Gasteiger partial charge is 0.507 e. The number of hydrogen-bond donors (Lipinski definition) is 3. The lowest BCUT2D eigenvalue weighted by Crippen LogP contribution is -2.30. The molecule has 0 fully saturated rings. The fraction of sp³-hybridized carbons (Fsp3) is 0.429. The molecule has 0 aliphatic heterocycles. The summed E-state index contributed by atoms with van der Waals surface area (Å²) in [5.74, 6) is -1.50. The van der Waals surface area contributed by atoms with E-state index in [1.165, 1.54) is 25.3 Å². The van der Waals surface area contributed by atoms with Gasteiger partial charge in [-0.1, -0.05) is 19.9 Å². The van der Waals surface area contributed by atoms with Crippen molar-refractivity contribution in [3.05, 3.63) is 51.4 Å². The number of carbonyl (C=O) groups excluding carboxylic acids is 1. The summed E-state index contributed by atoms with van der Waals surface area (Å²) >= 11 is 0. The van der Waals surface area contributed by atoms with E-state index in [1.54, 1.807) is 17.6 Å². The van der Waals surface area contributed by atoms with Crippen LogP contribution >= 0.6 is 0 Å². The number of nitrogens with zero attached hydrogens (tertiary/aromatic N) is 1. The zero-order valence-electron chi connectivity index (χ0n) is 16.6. The van der Waals surface area contributed by atoms with Crippen LogP contribution in [0.3, 0.4) is 0 Å². The fourth-order valence-electron chi connectivity index (χ4n) is 3.29. The summed E-state index contributed by atoms with van der Waals surface area (Å²) in [7, 11) is 1.29. The van der Waals surface area contributed by atoms with Crippen molar-refractivity contribution in [2.45, 2.75) is 46.1 Å². The summed E-state index contributed by atoms with van der Waals surface area (Å²) in [6.07, 6.45) is 0.452. The fourth-order valence-corrected chi connectivity index (χ4v) is 3.29. The molecule has 7 nitrogen and oxygen atoms in total. The van der Waals surface area contributed by atoms with E-state index in [9.17, 15) is 24.9 Å². The van der Waals surface area contributed by atoms with Gasteiger partial charge >= 0.3 is 5.97 Å². The first-order chi connectivity index (χ1) is 13.1. The molecule has 0 spiro atoms. The van der Waals surface area contributed by atoms with Crippen molar-refractivity contribution in [1.82, 2.24) is 4.57 Å². The van der Waals surface area contributed by atoms with Gasteiger partial charge in [-0.25, -0.2) is 0 Å². The van der Waals surface area contributed by atoms with Crippen molar-refractivity contribution in [3.8, 4) is 17.2 Å². The molecule has 2 aromatic rings. The van der Waals surface area contributed by atoms with Gasteiger partial charge in [0.25, 0.3) is 5.56 Å². The van der Waals surface area contributed by atoms with Crippen LogP contribution < -0.4 is 5.56 Å². The third-order valence-electron chi connectivity index (χ3n) is 4.98. The zero-order chi connectivity index (χ0) is 21.0. The van der Waals surface area contributed by atoms with Gasteiger partial charge in [-0.2, -0.15) is 0 Å². The number of ether oxygens (including phenoxy) is 1. The van der Waals surface area contributed by atoms with Gasteiger partial charge in [0, 0.05) is 18.2 Å². The SMILES string of the molecule is COC(=O)C[C@@H](c1c(O)cc(C)n(CCc2ccc(O)c(O)c2)c1=O)C(C)C. The molecule has 0 bridgehead atoms. The molecule has 2 rings (SSSR count). The van der Waals surface area contributed by atoms with E-state index in [-0.39, 0.29) is 40.7 Å². The van der Waals surface area contributed by atoms with E-state index in [1.807, 2.05) is 13.8 Å². The molecule has 1 aromatic heterocycles. The summed E-state index contributed by atoms with van der Waals surface area (Å²) in [4.78, 5) is 24.9. The number of benzene rings is 1. The molecule has 0 saturated heterocycles. The number of hydrogen-bond acceptors (Lipinski definition) is 6. The minimum atomic E-state index is -0.468. The van der Waals surface area contributed by atoms with Gasteiger partial charge in [0.15, 0.2) is 11.5 Å². The molecule has 0 unspecified atom stereocenters. The van der Waals surface area contributed by atoms with Crippen LogP contribution in [-0.4, -0.2) is 33.0 Å². The number of carbonyl (C=O) groups is 1. The quantitative estimate of drug-likeness (QED) is 0.496. The average molecular weight is 389 g/mol. The van der Waals surface area contributed by atoms with E-state index in [0.717, 1.165) is 5.56 Å². The second kappa shape index (κ2) is 8.82. The average Bonchev–Trinajstić information content (AvgIpc) is 2.62. The van der Waals surface area contributed by atoms with Crippen LogP contribution in [0.4, 0.5) is 0 Å². The van der Waals surface area contributed by atoms with Crippen molar-refractivity contribution >= 4 is 5.97 Å². The minimum absolute atomic E-state index is 0.00582. The van der Waals surface area contributed by atoms with E-state index in [2.05, 4.69) is 0 Å². The smallest absolute Gasteiger partial charge is 0.306 e. The van der Waals surface area contributed by atoms with E-state index >= 15 is 0 Å². The van der Waals surface area contributed by atoms with Gasteiger partial charge < -0.3 is 24.6 Å². The highest BCUT2D eigenvalue weighted by Gasteiger charge is 2.27. The lowest BCUT2D eigenvalue weighted by atomic mass is 9.85. The molecule has 0 saturated carbocycles. The molecule has 1 aromatic carbocycles. The maximum absolute atomic E-state index is 13.1. The van der Waals surface area contributed by atoms with Gasteiger partial charge in [-0.3, -0.25) is 9.59 Å². The summed E-state index contributed by atoms with van der Waals surface area (Å²) < 4.78 is 6.29. The lowest BCUT2D eigenvalue weighted by Gasteiger charge is -2.22. The predicted octanol–water partition coefficient (Wildman–Crippen LogP) is 2.82. The zero-order valence-corrected chi connectivity index (χ0v) is 16.6. The summed E-state index contributed by atoms with van der Waals surface area (Å²) in [6.45, 7) is 5.82. The maximum Gasteiger partial charge on any atom is 0.306 e. The summed E-state index contributed by atoms with van der Waals surface area (Å²) in [6, 6.07) is 6.04. The third kappa shape index (κ3) is 4.65. The molecule has 1 heterocycles. The van der Waals surface area contributed by atoms with Crippen LogP contribution in [0.25, 0.3) is 0 Å². The van der Waals surface area contributed by atoms with E-state index < -0.39 is 11.9 Å². The Bertz CT molecular complexity index is 916. The van der Waals surface area contributed by atoms with Crippen molar-refractivity contribution in [1.29, 1.82) is 0 Å². The van der Waals surface area contributed by atoms with Gasteiger partial charge in [0.05, 0.1) is 19.1 Å². The molecular weight excluding hydrogens is 362 g/mol. The van der Waals surface area contributed by atoms with Crippen molar-refractivity contribution < 1.29 is 24.9 Å². The highest BCUT2D eigenvalue weighted by molar-refractivity contribution is 5.70. The normalized spacial score (nSPS) is 12.2. The van der Waals surface area contributed by atoms with Crippen LogP contribution in [0, 0.1) is 12.8 Å². The number of esters is 1. The van der Waals surface area contributed by atoms with Crippen molar-refractivity contribution in [2.24, 2.45) is 5.92 Å². The van der Waals surface area contributed by atoms with Crippen LogP contribution in [0.15, 0.2) is 29.1 Å². The van der Waals surface area contributed by atoms with Crippen molar-refractivity contribution in [2.75, 3.05) is 7.11 Å². The lowest BCUT2D eigenvalue weighted by molar-refractivity contribution is -0.141. The molecule has 1 atom stereocenters. The van der Waals surface area contributed by atoms with Crippen LogP contribution in [0.2, 0.25) is 0 Å². The number of phenols is 2. The monoisotopic (exact) mass is 389 g/mol. The predicted molar refractivity (Wildman–Crippen MR) is 105 cm³/mol. The summed E-state index contributed by atoms with van der Waals surface area (Å²) in [5.41, 5.74) is 1.21. The Morgan fingerprint density at radius 1 is 1.11 bits per heavy atom. The van der Waals surface area contributed by atoms with Gasteiger partial charge in [0.1, 0.15) is 5.75 Å². The van der Waals surface area contributed by atoms with Crippen molar-refractivity contribution in [3.63, 3.8) is 0 Å². The number of phenolic OH excluding ortho intramolecular Hbond substituents is 2. The first-order valence-electron chi connectivity index (χ1n) is 9.16. The van der Waals surface area contributed by atoms with E-state index in [0.29, 0.717) is 18.7 Å². The molecular formula is C21H27NO6. The molecule has 28 heavy (non-hydrogen) atoms. The Morgan fingerprint density at radius 3 is 2.36 bits per heavy atom. The molecule has 3 N–H and O–H groups in total. The summed E-state index contributed by atoms with van der Waals surface area (Å²) in [5, 5.41) is 29.5. The second-order valence-corrected chi connectivity index (χ2v) is 7.25. The molecule has 0 aliphatic carbocycles. The minimum Gasteiger partial charge on any atom is -0.507 e. The molecule has 7 heteroatoms. The number of aromatic hydroxyl groups is 3. The third-order valence-corrected chi connectivity index (χ3v) is 4.98. The Balaban J connectivity index is 2.40. The molecule has 0 radical (unpaired) electrons. The Labute approximate surface area is 163 Å². The number of pyridine rings is 1. The maximum atomic E-state index is 13.1. The topological polar surface area (TPSA) is 109 Å². The van der Waals surface area contributed by atoms with Gasteiger partial charge in [-0.05, 0) is 43.0 Å². The Hall–Kier alpha value is -2.96. The molecule has 0 amide bonds. The number of aromatic nitrogens is 1. The number of aryl methyl sites for hydroxylation is 2. The highest BCUT2D eigenvalue weighted by Crippen LogP contribution is 2.32. The van der Waals surface area contributed by atoms with Crippen LogP contribution in [0.5, 0.6) is 17.2 Å². The second-order valence-electron chi connectivity index (χ2n) is 7.25. The standard InChI is InChI=1S/C21H27NO6/c1-12(2)15(11-19(26)28-4)20-18(25)9-13(3)22(21(20)27)8-7-14-5-6-16(23)17(24)10-14/h5-6,9-10,12,15,23-25H,7-8,11H2,1-4H3/t15-/m1/s1. The van der Waals surface area contributed by atoms with Gasteiger partial charge in [-0.15, -0.1) is 0 Å². The highest BCUT2D eigenvalue weighted by atomic mass is 16.5. The Morgan fingerprint density at radius 2 is 1.79 bits per heavy atom. The molecule has 152 valence electrons.